The molecule has 1 aliphatic carbocycles. The lowest BCUT2D eigenvalue weighted by molar-refractivity contribution is -0.144. The molecule has 0 heterocycles. The average Bonchev–Trinajstić information content (AvgIpc) is 3.20. The van der Waals surface area contributed by atoms with Crippen LogP contribution < -0.4 is 5.73 Å². The predicted octanol–water partition coefficient (Wildman–Crippen LogP) is 1.44. The molecule has 2 rings (SSSR count). The number of rotatable bonds is 5. The van der Waals surface area contributed by atoms with E-state index in [1.54, 1.807) is 36.1 Å². The smallest absolute Gasteiger partial charge is 0.325 e. The van der Waals surface area contributed by atoms with E-state index in [-0.39, 0.29) is 24.5 Å². The molecule has 0 atom stereocenters. The molecule has 0 saturated heterocycles. The van der Waals surface area contributed by atoms with E-state index in [1.807, 2.05) is 0 Å². The molecule has 1 saturated carbocycles. The minimum absolute atomic E-state index is 0.00826. The summed E-state index contributed by atoms with van der Waals surface area (Å²) in [5.41, 5.74) is 6.68. The first-order valence-electron chi connectivity index (χ1n) is 6.44. The van der Waals surface area contributed by atoms with Gasteiger partial charge in [0.2, 0.25) is 0 Å². The van der Waals surface area contributed by atoms with Crippen molar-refractivity contribution < 1.29 is 14.3 Å². The van der Waals surface area contributed by atoms with Crippen LogP contribution in [-0.4, -0.2) is 36.0 Å². The van der Waals surface area contributed by atoms with Gasteiger partial charge >= 0.3 is 5.97 Å². The Hall–Kier alpha value is -2.04. The minimum atomic E-state index is -0.378. The Morgan fingerprint density at radius 1 is 1.37 bits per heavy atom. The summed E-state index contributed by atoms with van der Waals surface area (Å²) in [6.45, 7) is 2.06. The molecular weight excluding hydrogens is 244 g/mol. The first-order valence-corrected chi connectivity index (χ1v) is 6.44. The van der Waals surface area contributed by atoms with Crippen LogP contribution in [0.3, 0.4) is 0 Å². The van der Waals surface area contributed by atoms with Crippen LogP contribution in [0.15, 0.2) is 24.3 Å². The largest absolute Gasteiger partial charge is 0.465 e. The van der Waals surface area contributed by atoms with Gasteiger partial charge in [0, 0.05) is 11.7 Å². The highest BCUT2D eigenvalue weighted by Gasteiger charge is 2.35. The zero-order chi connectivity index (χ0) is 13.8. The number of nitrogens with two attached hydrogens (primary N) is 1. The number of esters is 1. The van der Waals surface area contributed by atoms with Crippen molar-refractivity contribution in [3.63, 3.8) is 0 Å². The molecular formula is C14H18N2O3. The Morgan fingerprint density at radius 3 is 2.63 bits per heavy atom. The lowest BCUT2D eigenvalue weighted by atomic mass is 10.1. The molecule has 1 amide bonds. The number of hydrogen-bond acceptors (Lipinski definition) is 4. The van der Waals surface area contributed by atoms with Gasteiger partial charge in [0.1, 0.15) is 6.54 Å². The van der Waals surface area contributed by atoms with E-state index < -0.39 is 0 Å². The number of carbonyl (C=O) groups is 2. The van der Waals surface area contributed by atoms with Crippen LogP contribution in [0.1, 0.15) is 30.1 Å². The summed E-state index contributed by atoms with van der Waals surface area (Å²) >= 11 is 0. The van der Waals surface area contributed by atoms with Crippen LogP contribution in [0, 0.1) is 0 Å². The fraction of sp³-hybridized carbons (Fsp3) is 0.429. The molecule has 0 spiro atoms. The number of ether oxygens (including phenoxy) is 1. The zero-order valence-corrected chi connectivity index (χ0v) is 11.0. The summed E-state index contributed by atoms with van der Waals surface area (Å²) in [5, 5.41) is 0. The molecule has 2 N–H and O–H groups in total. The van der Waals surface area contributed by atoms with Gasteiger partial charge in [-0.3, -0.25) is 9.59 Å². The van der Waals surface area contributed by atoms with E-state index in [0.717, 1.165) is 12.8 Å². The van der Waals surface area contributed by atoms with E-state index in [0.29, 0.717) is 17.9 Å². The standard InChI is InChI=1S/C14H18N2O3/c1-2-19-13(17)9-16(10-7-8-10)14(18)11-5-3-4-6-12(11)15/h3-6,10H,2,7-9,15H2,1H3. The van der Waals surface area contributed by atoms with Crippen molar-refractivity contribution in [1.82, 2.24) is 4.90 Å². The van der Waals surface area contributed by atoms with Crippen molar-refractivity contribution in [2.24, 2.45) is 0 Å². The number of carbonyl (C=O) groups excluding carboxylic acids is 2. The Morgan fingerprint density at radius 2 is 2.05 bits per heavy atom. The maximum absolute atomic E-state index is 12.4. The molecule has 5 nitrogen and oxygen atoms in total. The number of amides is 1. The molecule has 1 aromatic carbocycles. The van der Waals surface area contributed by atoms with E-state index in [9.17, 15) is 9.59 Å². The number of hydrogen-bond donors (Lipinski definition) is 1. The van der Waals surface area contributed by atoms with Crippen molar-refractivity contribution in [2.75, 3.05) is 18.9 Å². The van der Waals surface area contributed by atoms with Gasteiger partial charge < -0.3 is 15.4 Å². The number of para-hydroxylation sites is 1. The van der Waals surface area contributed by atoms with Gasteiger partial charge in [0.25, 0.3) is 5.91 Å². The fourth-order valence-electron chi connectivity index (χ4n) is 1.95. The highest BCUT2D eigenvalue weighted by molar-refractivity contribution is 6.00. The van der Waals surface area contributed by atoms with E-state index in [1.165, 1.54) is 0 Å². The Bertz CT molecular complexity index is 483. The lowest BCUT2D eigenvalue weighted by Crippen LogP contribution is -2.38. The summed E-state index contributed by atoms with van der Waals surface area (Å²) in [7, 11) is 0. The topological polar surface area (TPSA) is 72.6 Å². The maximum Gasteiger partial charge on any atom is 0.325 e. The maximum atomic E-state index is 12.4. The van der Waals surface area contributed by atoms with Gasteiger partial charge in [-0.2, -0.15) is 0 Å². The van der Waals surface area contributed by atoms with Crippen LogP contribution in [0.2, 0.25) is 0 Å². The third kappa shape index (κ3) is 3.24. The first-order chi connectivity index (χ1) is 9.13. The van der Waals surface area contributed by atoms with Crippen molar-refractivity contribution in [3.05, 3.63) is 29.8 Å². The quantitative estimate of drug-likeness (QED) is 0.643. The van der Waals surface area contributed by atoms with Gasteiger partial charge in [0.15, 0.2) is 0 Å². The summed E-state index contributed by atoms with van der Waals surface area (Å²) in [4.78, 5) is 25.5. The van der Waals surface area contributed by atoms with Crippen LogP contribution in [0.25, 0.3) is 0 Å². The minimum Gasteiger partial charge on any atom is -0.465 e. The average molecular weight is 262 g/mol. The van der Waals surface area contributed by atoms with Crippen molar-refractivity contribution in [2.45, 2.75) is 25.8 Å². The Labute approximate surface area is 112 Å². The number of nitrogens with zero attached hydrogens (tertiary/aromatic N) is 1. The molecule has 0 aliphatic heterocycles. The van der Waals surface area contributed by atoms with Gasteiger partial charge in [-0.1, -0.05) is 12.1 Å². The SMILES string of the molecule is CCOC(=O)CN(C(=O)c1ccccc1N)C1CC1. The molecule has 0 radical (unpaired) electrons. The van der Waals surface area contributed by atoms with E-state index >= 15 is 0 Å². The van der Waals surface area contributed by atoms with Crippen LogP contribution in [0.5, 0.6) is 0 Å². The zero-order valence-electron chi connectivity index (χ0n) is 11.0. The normalized spacial score (nSPS) is 13.9. The van der Waals surface area contributed by atoms with E-state index in [4.69, 9.17) is 10.5 Å². The Balaban J connectivity index is 2.13. The summed E-state index contributed by atoms with van der Waals surface area (Å²) in [5.74, 6) is -0.578. The van der Waals surface area contributed by atoms with Crippen LogP contribution >= 0.6 is 0 Å². The van der Waals surface area contributed by atoms with Gasteiger partial charge in [-0.05, 0) is 31.9 Å². The monoisotopic (exact) mass is 262 g/mol. The molecule has 0 bridgehead atoms. The van der Waals surface area contributed by atoms with Gasteiger partial charge in [-0.25, -0.2) is 0 Å². The summed E-state index contributed by atoms with van der Waals surface area (Å²) in [6, 6.07) is 7.04. The Kier molecular flexibility index (Phi) is 4.04. The molecule has 19 heavy (non-hydrogen) atoms. The third-order valence-corrected chi connectivity index (χ3v) is 3.04. The third-order valence-electron chi connectivity index (χ3n) is 3.04. The highest BCUT2D eigenvalue weighted by Crippen LogP contribution is 2.29. The van der Waals surface area contributed by atoms with Crippen molar-refractivity contribution in [3.8, 4) is 0 Å². The van der Waals surface area contributed by atoms with Crippen molar-refractivity contribution >= 4 is 17.6 Å². The fourth-order valence-corrected chi connectivity index (χ4v) is 1.95. The number of nitrogen functional groups attached to an aromatic ring is 1. The lowest BCUT2D eigenvalue weighted by Gasteiger charge is -2.22. The first kappa shape index (κ1) is 13.4. The second-order valence-corrected chi connectivity index (χ2v) is 4.56. The molecule has 102 valence electrons. The predicted molar refractivity (Wildman–Crippen MR) is 71.5 cm³/mol. The number of benzene rings is 1. The van der Waals surface area contributed by atoms with Crippen LogP contribution in [0.4, 0.5) is 5.69 Å². The highest BCUT2D eigenvalue weighted by atomic mass is 16.5. The second kappa shape index (κ2) is 5.73. The summed E-state index contributed by atoms with van der Waals surface area (Å²) in [6.07, 6.45) is 1.86. The molecule has 5 heteroatoms. The van der Waals surface area contributed by atoms with E-state index in [2.05, 4.69) is 0 Å². The molecule has 1 fully saturated rings. The molecule has 0 aromatic heterocycles. The number of anilines is 1. The van der Waals surface area contributed by atoms with Crippen molar-refractivity contribution in [1.29, 1.82) is 0 Å². The second-order valence-electron chi connectivity index (χ2n) is 4.56. The molecule has 1 aliphatic rings. The molecule has 0 unspecified atom stereocenters. The molecule has 1 aromatic rings. The van der Waals surface area contributed by atoms with Gasteiger partial charge in [0.05, 0.1) is 12.2 Å². The van der Waals surface area contributed by atoms with Crippen LogP contribution in [-0.2, 0) is 9.53 Å². The summed E-state index contributed by atoms with van der Waals surface area (Å²) < 4.78 is 4.90. The van der Waals surface area contributed by atoms with Gasteiger partial charge in [-0.15, -0.1) is 0 Å².